The standard InChI is InChI=1S/C12H21N3O/c1-2-15(9-5-8-13)11(16)10-12(14)6-3-4-7-12/h2-7,9-10,14H2,1H3. The number of carbonyl (C=O) groups excluding carboxylic acids is 1. The van der Waals surface area contributed by atoms with E-state index in [4.69, 9.17) is 11.0 Å². The van der Waals surface area contributed by atoms with E-state index in [0.29, 0.717) is 25.9 Å². The molecule has 1 saturated carbocycles. The molecular formula is C12H21N3O. The first-order valence-corrected chi connectivity index (χ1v) is 6.05. The van der Waals surface area contributed by atoms with Gasteiger partial charge in [-0.15, -0.1) is 0 Å². The highest BCUT2D eigenvalue weighted by Crippen LogP contribution is 2.30. The first kappa shape index (κ1) is 13.0. The lowest BCUT2D eigenvalue weighted by molar-refractivity contribution is -0.132. The first-order chi connectivity index (χ1) is 7.61. The molecule has 1 rings (SSSR count). The highest BCUT2D eigenvalue weighted by atomic mass is 16.2. The minimum atomic E-state index is -0.281. The van der Waals surface area contributed by atoms with Crippen molar-refractivity contribution in [1.29, 1.82) is 5.26 Å². The number of carbonyl (C=O) groups is 1. The Hall–Kier alpha value is -1.08. The third kappa shape index (κ3) is 3.49. The number of amides is 1. The molecule has 1 aliphatic carbocycles. The maximum atomic E-state index is 12.0. The van der Waals surface area contributed by atoms with Crippen molar-refractivity contribution >= 4 is 5.91 Å². The molecule has 16 heavy (non-hydrogen) atoms. The predicted octanol–water partition coefficient (Wildman–Crippen LogP) is 1.41. The normalized spacial score (nSPS) is 18.1. The molecule has 1 aliphatic rings. The Morgan fingerprint density at radius 1 is 1.50 bits per heavy atom. The molecule has 1 amide bonds. The van der Waals surface area contributed by atoms with Crippen molar-refractivity contribution in [2.75, 3.05) is 13.1 Å². The van der Waals surface area contributed by atoms with Crippen LogP contribution in [0.3, 0.4) is 0 Å². The van der Waals surface area contributed by atoms with E-state index in [9.17, 15) is 4.79 Å². The van der Waals surface area contributed by atoms with E-state index in [1.807, 2.05) is 6.92 Å². The summed E-state index contributed by atoms with van der Waals surface area (Å²) in [5.74, 6) is 0.0992. The van der Waals surface area contributed by atoms with Crippen molar-refractivity contribution in [3.63, 3.8) is 0 Å². The number of nitrogens with zero attached hydrogens (tertiary/aromatic N) is 2. The summed E-state index contributed by atoms with van der Waals surface area (Å²) in [6, 6.07) is 2.07. The zero-order valence-electron chi connectivity index (χ0n) is 10.0. The quantitative estimate of drug-likeness (QED) is 0.766. The van der Waals surface area contributed by atoms with Crippen LogP contribution in [0.1, 0.15) is 45.4 Å². The number of hydrogen-bond donors (Lipinski definition) is 1. The van der Waals surface area contributed by atoms with Gasteiger partial charge in [0, 0.05) is 25.0 Å². The maximum absolute atomic E-state index is 12.0. The van der Waals surface area contributed by atoms with Crippen LogP contribution >= 0.6 is 0 Å². The molecular weight excluding hydrogens is 202 g/mol. The molecule has 1 fully saturated rings. The van der Waals surface area contributed by atoms with E-state index in [1.165, 1.54) is 0 Å². The summed E-state index contributed by atoms with van der Waals surface area (Å²) in [6.07, 6.45) is 5.01. The molecule has 90 valence electrons. The zero-order valence-corrected chi connectivity index (χ0v) is 10.0. The van der Waals surface area contributed by atoms with Crippen LogP contribution in [0, 0.1) is 11.3 Å². The van der Waals surface area contributed by atoms with Gasteiger partial charge in [-0.2, -0.15) is 5.26 Å². The molecule has 0 unspecified atom stereocenters. The first-order valence-electron chi connectivity index (χ1n) is 6.05. The smallest absolute Gasteiger partial charge is 0.224 e. The molecule has 4 nitrogen and oxygen atoms in total. The van der Waals surface area contributed by atoms with Crippen molar-refractivity contribution in [2.24, 2.45) is 5.73 Å². The molecule has 0 atom stereocenters. The molecule has 0 spiro atoms. The largest absolute Gasteiger partial charge is 0.342 e. The summed E-state index contributed by atoms with van der Waals surface area (Å²) >= 11 is 0. The van der Waals surface area contributed by atoms with Gasteiger partial charge in [-0.1, -0.05) is 12.8 Å². The van der Waals surface area contributed by atoms with Crippen LogP contribution in [-0.4, -0.2) is 29.4 Å². The van der Waals surface area contributed by atoms with E-state index in [2.05, 4.69) is 6.07 Å². The third-order valence-electron chi connectivity index (χ3n) is 3.33. The fraction of sp³-hybridized carbons (Fsp3) is 0.833. The Bertz CT molecular complexity index is 276. The van der Waals surface area contributed by atoms with Gasteiger partial charge >= 0.3 is 0 Å². The predicted molar refractivity (Wildman–Crippen MR) is 62.5 cm³/mol. The summed E-state index contributed by atoms with van der Waals surface area (Å²) in [5.41, 5.74) is 5.89. The van der Waals surface area contributed by atoms with E-state index in [0.717, 1.165) is 25.7 Å². The summed E-state index contributed by atoms with van der Waals surface area (Å²) in [7, 11) is 0. The second-order valence-corrected chi connectivity index (χ2v) is 4.63. The average Bonchev–Trinajstić information content (AvgIpc) is 2.66. The molecule has 4 heteroatoms. The lowest BCUT2D eigenvalue weighted by Gasteiger charge is -2.27. The third-order valence-corrected chi connectivity index (χ3v) is 3.33. The van der Waals surface area contributed by atoms with Gasteiger partial charge in [0.1, 0.15) is 0 Å². The van der Waals surface area contributed by atoms with Crippen molar-refractivity contribution in [2.45, 2.75) is 51.0 Å². The number of hydrogen-bond acceptors (Lipinski definition) is 3. The van der Waals surface area contributed by atoms with Crippen LogP contribution < -0.4 is 5.73 Å². The molecule has 0 aliphatic heterocycles. The molecule has 0 heterocycles. The highest BCUT2D eigenvalue weighted by molar-refractivity contribution is 5.77. The van der Waals surface area contributed by atoms with Gasteiger partial charge in [0.15, 0.2) is 0 Å². The molecule has 0 saturated heterocycles. The SMILES string of the molecule is CCN(CCC#N)C(=O)CC1(N)CCCC1. The summed E-state index contributed by atoms with van der Waals surface area (Å²) in [6.45, 7) is 3.13. The van der Waals surface area contributed by atoms with Gasteiger partial charge in [-0.25, -0.2) is 0 Å². The van der Waals surface area contributed by atoms with Gasteiger partial charge in [0.05, 0.1) is 12.5 Å². The average molecular weight is 223 g/mol. The minimum absolute atomic E-state index is 0.0992. The van der Waals surface area contributed by atoms with Gasteiger partial charge < -0.3 is 10.6 Å². The van der Waals surface area contributed by atoms with Crippen molar-refractivity contribution < 1.29 is 4.79 Å². The lowest BCUT2D eigenvalue weighted by Crippen LogP contribution is -2.43. The highest BCUT2D eigenvalue weighted by Gasteiger charge is 2.32. The van der Waals surface area contributed by atoms with Crippen LogP contribution in [-0.2, 0) is 4.79 Å². The number of nitrogens with two attached hydrogens (primary N) is 1. The minimum Gasteiger partial charge on any atom is -0.342 e. The molecule has 2 N–H and O–H groups in total. The fourth-order valence-electron chi connectivity index (χ4n) is 2.31. The van der Waals surface area contributed by atoms with E-state index in [1.54, 1.807) is 4.90 Å². The van der Waals surface area contributed by atoms with Gasteiger partial charge in [-0.3, -0.25) is 4.79 Å². The molecule has 0 aromatic carbocycles. The second-order valence-electron chi connectivity index (χ2n) is 4.63. The molecule has 0 aromatic heterocycles. The van der Waals surface area contributed by atoms with Gasteiger partial charge in [0.2, 0.25) is 5.91 Å². The van der Waals surface area contributed by atoms with Crippen molar-refractivity contribution in [3.8, 4) is 6.07 Å². The monoisotopic (exact) mass is 223 g/mol. The summed E-state index contributed by atoms with van der Waals surface area (Å²) in [4.78, 5) is 13.7. The zero-order chi connectivity index (χ0) is 12.0. The second kappa shape index (κ2) is 5.86. The van der Waals surface area contributed by atoms with Gasteiger partial charge in [0.25, 0.3) is 0 Å². The number of rotatable bonds is 5. The van der Waals surface area contributed by atoms with Crippen LogP contribution in [0.25, 0.3) is 0 Å². The van der Waals surface area contributed by atoms with E-state index in [-0.39, 0.29) is 11.4 Å². The Labute approximate surface area is 97.4 Å². The fourth-order valence-corrected chi connectivity index (χ4v) is 2.31. The Morgan fingerprint density at radius 3 is 2.62 bits per heavy atom. The van der Waals surface area contributed by atoms with Crippen LogP contribution in [0.2, 0.25) is 0 Å². The van der Waals surface area contributed by atoms with Crippen molar-refractivity contribution in [3.05, 3.63) is 0 Å². The maximum Gasteiger partial charge on any atom is 0.224 e. The molecule has 0 aromatic rings. The van der Waals surface area contributed by atoms with Gasteiger partial charge in [-0.05, 0) is 19.8 Å². The Morgan fingerprint density at radius 2 is 2.12 bits per heavy atom. The summed E-state index contributed by atoms with van der Waals surface area (Å²) < 4.78 is 0. The topological polar surface area (TPSA) is 70.1 Å². The van der Waals surface area contributed by atoms with Crippen molar-refractivity contribution in [1.82, 2.24) is 4.90 Å². The molecule has 0 bridgehead atoms. The van der Waals surface area contributed by atoms with E-state index >= 15 is 0 Å². The lowest BCUT2D eigenvalue weighted by atomic mass is 9.94. The van der Waals surface area contributed by atoms with Crippen LogP contribution in [0.5, 0.6) is 0 Å². The Balaban J connectivity index is 2.45. The number of nitriles is 1. The van der Waals surface area contributed by atoms with Crippen LogP contribution in [0.15, 0.2) is 0 Å². The van der Waals surface area contributed by atoms with Crippen LogP contribution in [0.4, 0.5) is 0 Å². The summed E-state index contributed by atoms with van der Waals surface area (Å²) in [5, 5.41) is 8.51. The molecule has 0 radical (unpaired) electrons. The Kier molecular flexibility index (Phi) is 4.75. The van der Waals surface area contributed by atoms with E-state index < -0.39 is 0 Å².